The van der Waals surface area contributed by atoms with Crippen LogP contribution in [0.1, 0.15) is 19.3 Å². The highest BCUT2D eigenvalue weighted by molar-refractivity contribution is 5.81. The average molecular weight is 242 g/mol. The molecule has 2 fully saturated rings. The van der Waals surface area contributed by atoms with Gasteiger partial charge >= 0.3 is 5.97 Å². The molecule has 0 spiro atoms. The lowest BCUT2D eigenvalue weighted by molar-refractivity contribution is -0.148. The van der Waals surface area contributed by atoms with Crippen LogP contribution in [0.3, 0.4) is 0 Å². The van der Waals surface area contributed by atoms with E-state index in [2.05, 4.69) is 10.2 Å². The van der Waals surface area contributed by atoms with E-state index in [1.54, 1.807) is 7.11 Å². The van der Waals surface area contributed by atoms with Gasteiger partial charge in [-0.1, -0.05) is 0 Å². The number of esters is 1. The lowest BCUT2D eigenvalue weighted by Crippen LogP contribution is -2.55. The van der Waals surface area contributed by atoms with Gasteiger partial charge in [0, 0.05) is 32.8 Å². The van der Waals surface area contributed by atoms with E-state index in [0.29, 0.717) is 19.2 Å². The molecule has 5 heteroatoms. The highest BCUT2D eigenvalue weighted by Gasteiger charge is 2.48. The van der Waals surface area contributed by atoms with Gasteiger partial charge in [0.2, 0.25) is 0 Å². The molecule has 1 N–H and O–H groups in total. The topological polar surface area (TPSA) is 50.8 Å². The lowest BCUT2D eigenvalue weighted by atomic mass is 9.99. The van der Waals surface area contributed by atoms with Crippen LogP contribution in [0.4, 0.5) is 0 Å². The molecule has 1 unspecified atom stereocenters. The van der Waals surface area contributed by atoms with Crippen LogP contribution < -0.4 is 5.32 Å². The molecular formula is C12H22N2O3. The second-order valence-corrected chi connectivity index (χ2v) is 4.94. The van der Waals surface area contributed by atoms with Gasteiger partial charge in [-0.3, -0.25) is 15.0 Å². The Bertz CT molecular complexity index is 281. The van der Waals surface area contributed by atoms with Crippen molar-refractivity contribution in [2.75, 3.05) is 40.5 Å². The Labute approximate surface area is 102 Å². The molecule has 1 atom stereocenters. The highest BCUT2D eigenvalue weighted by atomic mass is 16.5. The Hall–Kier alpha value is -0.650. The van der Waals surface area contributed by atoms with Crippen molar-refractivity contribution in [2.45, 2.75) is 30.8 Å². The fraction of sp³-hybridized carbons (Fsp3) is 0.917. The van der Waals surface area contributed by atoms with Crippen molar-refractivity contribution < 1.29 is 14.3 Å². The van der Waals surface area contributed by atoms with Crippen LogP contribution in [0.15, 0.2) is 0 Å². The molecule has 0 radical (unpaired) electrons. The van der Waals surface area contributed by atoms with Crippen LogP contribution in [-0.4, -0.2) is 62.9 Å². The molecule has 1 saturated heterocycles. The van der Waals surface area contributed by atoms with Gasteiger partial charge in [0.05, 0.1) is 13.7 Å². The van der Waals surface area contributed by atoms with Gasteiger partial charge in [0.25, 0.3) is 0 Å². The van der Waals surface area contributed by atoms with Gasteiger partial charge in [-0.2, -0.15) is 0 Å². The van der Waals surface area contributed by atoms with Gasteiger partial charge < -0.3 is 9.47 Å². The predicted octanol–water partition coefficient (Wildman–Crippen LogP) is 0.00230. The van der Waals surface area contributed by atoms with E-state index < -0.39 is 5.54 Å². The number of rotatable bonds is 6. The molecular weight excluding hydrogens is 220 g/mol. The minimum Gasteiger partial charge on any atom is -0.468 e. The van der Waals surface area contributed by atoms with Crippen LogP contribution in [0.5, 0.6) is 0 Å². The standard InChI is InChI=1S/C12H22N2O3/c1-16-8-6-13-12(11(15)17-2)5-7-14(9-12)10-3-4-10/h10,13H,3-9H2,1-2H3. The Morgan fingerprint density at radius 1 is 1.47 bits per heavy atom. The fourth-order valence-corrected chi connectivity index (χ4v) is 2.56. The van der Waals surface area contributed by atoms with E-state index in [9.17, 15) is 4.79 Å². The fourth-order valence-electron chi connectivity index (χ4n) is 2.56. The summed E-state index contributed by atoms with van der Waals surface area (Å²) >= 11 is 0. The Morgan fingerprint density at radius 3 is 2.82 bits per heavy atom. The van der Waals surface area contributed by atoms with E-state index in [1.165, 1.54) is 20.0 Å². The van der Waals surface area contributed by atoms with Gasteiger partial charge in [0.1, 0.15) is 5.54 Å². The molecule has 1 aliphatic heterocycles. The Morgan fingerprint density at radius 2 is 2.24 bits per heavy atom. The summed E-state index contributed by atoms with van der Waals surface area (Å²) in [6.45, 7) is 3.06. The van der Waals surface area contributed by atoms with Gasteiger partial charge in [-0.05, 0) is 19.3 Å². The third kappa shape index (κ3) is 2.78. The number of hydrogen-bond donors (Lipinski definition) is 1. The molecule has 0 amide bonds. The maximum Gasteiger partial charge on any atom is 0.327 e. The summed E-state index contributed by atoms with van der Waals surface area (Å²) in [7, 11) is 3.12. The second kappa shape index (κ2) is 5.33. The third-order valence-corrected chi connectivity index (χ3v) is 3.71. The second-order valence-electron chi connectivity index (χ2n) is 4.94. The molecule has 17 heavy (non-hydrogen) atoms. The Balaban J connectivity index is 1.95. The molecule has 98 valence electrons. The molecule has 2 rings (SSSR count). The number of hydrogen-bond acceptors (Lipinski definition) is 5. The molecule has 1 saturated carbocycles. The van der Waals surface area contributed by atoms with Crippen molar-refractivity contribution in [3.8, 4) is 0 Å². The summed E-state index contributed by atoms with van der Waals surface area (Å²) in [5.74, 6) is -0.142. The van der Waals surface area contributed by atoms with E-state index in [-0.39, 0.29) is 5.97 Å². The molecule has 0 aromatic heterocycles. The summed E-state index contributed by atoms with van der Waals surface area (Å²) in [5, 5.41) is 3.32. The van der Waals surface area contributed by atoms with Crippen LogP contribution in [0.2, 0.25) is 0 Å². The number of carbonyl (C=O) groups excluding carboxylic acids is 1. The zero-order valence-electron chi connectivity index (χ0n) is 10.7. The first-order valence-electron chi connectivity index (χ1n) is 6.28. The number of nitrogens with one attached hydrogen (secondary N) is 1. The lowest BCUT2D eigenvalue weighted by Gasteiger charge is -2.28. The number of carbonyl (C=O) groups is 1. The minimum absolute atomic E-state index is 0.142. The molecule has 0 bridgehead atoms. The van der Waals surface area contributed by atoms with Crippen molar-refractivity contribution >= 4 is 5.97 Å². The molecule has 2 aliphatic rings. The normalized spacial score (nSPS) is 29.5. The van der Waals surface area contributed by atoms with Crippen molar-refractivity contribution in [1.29, 1.82) is 0 Å². The largest absolute Gasteiger partial charge is 0.468 e. The number of ether oxygens (including phenoxy) is 2. The molecule has 1 heterocycles. The molecule has 0 aromatic carbocycles. The summed E-state index contributed by atoms with van der Waals surface area (Å²) in [6, 6.07) is 0.700. The summed E-state index contributed by atoms with van der Waals surface area (Å²) < 4.78 is 9.97. The first-order valence-corrected chi connectivity index (χ1v) is 6.28. The maximum atomic E-state index is 12.0. The van der Waals surface area contributed by atoms with Crippen LogP contribution >= 0.6 is 0 Å². The van der Waals surface area contributed by atoms with E-state index in [1.807, 2.05) is 0 Å². The summed E-state index contributed by atoms with van der Waals surface area (Å²) in [5.41, 5.74) is -0.518. The molecule has 0 aromatic rings. The number of nitrogens with zero attached hydrogens (tertiary/aromatic N) is 1. The molecule has 5 nitrogen and oxygen atoms in total. The highest BCUT2D eigenvalue weighted by Crippen LogP contribution is 2.33. The number of methoxy groups -OCH3 is 2. The third-order valence-electron chi connectivity index (χ3n) is 3.71. The van der Waals surface area contributed by atoms with Crippen molar-refractivity contribution in [3.63, 3.8) is 0 Å². The van der Waals surface area contributed by atoms with Crippen LogP contribution in [0, 0.1) is 0 Å². The Kier molecular flexibility index (Phi) is 4.01. The van der Waals surface area contributed by atoms with Crippen LogP contribution in [0.25, 0.3) is 0 Å². The molecule has 1 aliphatic carbocycles. The van der Waals surface area contributed by atoms with Gasteiger partial charge in [0.15, 0.2) is 0 Å². The van der Waals surface area contributed by atoms with Crippen molar-refractivity contribution in [1.82, 2.24) is 10.2 Å². The number of likely N-dealkylation sites (tertiary alicyclic amines) is 1. The van der Waals surface area contributed by atoms with E-state index in [0.717, 1.165) is 19.5 Å². The first kappa shape index (κ1) is 12.8. The van der Waals surface area contributed by atoms with E-state index in [4.69, 9.17) is 9.47 Å². The van der Waals surface area contributed by atoms with E-state index >= 15 is 0 Å². The summed E-state index contributed by atoms with van der Waals surface area (Å²) in [4.78, 5) is 14.4. The quantitative estimate of drug-likeness (QED) is 0.525. The zero-order valence-corrected chi connectivity index (χ0v) is 10.7. The smallest absolute Gasteiger partial charge is 0.327 e. The average Bonchev–Trinajstić information content (AvgIpc) is 3.10. The SMILES string of the molecule is COCCNC1(C(=O)OC)CCN(C2CC2)C1. The van der Waals surface area contributed by atoms with Crippen molar-refractivity contribution in [2.24, 2.45) is 0 Å². The van der Waals surface area contributed by atoms with Crippen LogP contribution in [-0.2, 0) is 14.3 Å². The predicted molar refractivity (Wildman–Crippen MR) is 63.8 cm³/mol. The first-order chi connectivity index (χ1) is 8.22. The monoisotopic (exact) mass is 242 g/mol. The van der Waals surface area contributed by atoms with Gasteiger partial charge in [-0.15, -0.1) is 0 Å². The van der Waals surface area contributed by atoms with Gasteiger partial charge in [-0.25, -0.2) is 0 Å². The zero-order chi connectivity index (χ0) is 12.3. The van der Waals surface area contributed by atoms with Crippen molar-refractivity contribution in [3.05, 3.63) is 0 Å². The maximum absolute atomic E-state index is 12.0. The minimum atomic E-state index is -0.518. The summed E-state index contributed by atoms with van der Waals surface area (Å²) in [6.07, 6.45) is 3.38.